The summed E-state index contributed by atoms with van der Waals surface area (Å²) in [5.41, 5.74) is 16.2. The van der Waals surface area contributed by atoms with E-state index < -0.39 is 0 Å². The lowest BCUT2D eigenvalue weighted by molar-refractivity contribution is 0.577. The third-order valence-electron chi connectivity index (χ3n) is 12.8. The summed E-state index contributed by atoms with van der Waals surface area (Å²) in [4.78, 5) is 4.75. The van der Waals surface area contributed by atoms with Gasteiger partial charge in [-0.25, -0.2) is 0 Å². The van der Waals surface area contributed by atoms with E-state index in [1.54, 1.807) is 0 Å². The van der Waals surface area contributed by atoms with Crippen LogP contribution in [0.2, 0.25) is 0 Å². The molecule has 0 spiro atoms. The smallest absolute Gasteiger partial charge is 0.140 e. The van der Waals surface area contributed by atoms with Crippen molar-refractivity contribution in [1.29, 1.82) is 0 Å². The van der Waals surface area contributed by atoms with Crippen LogP contribution in [0.4, 0.5) is 34.1 Å². The molecular formula is C58H48N2O2. The summed E-state index contributed by atoms with van der Waals surface area (Å²) < 4.78 is 13.9. The Morgan fingerprint density at radius 1 is 0.371 bits per heavy atom. The van der Waals surface area contributed by atoms with E-state index in [9.17, 15) is 0 Å². The minimum atomic E-state index is -0.239. The summed E-state index contributed by atoms with van der Waals surface area (Å²) in [6.07, 6.45) is 0. The molecule has 11 aromatic rings. The Kier molecular flexibility index (Phi) is 8.59. The summed E-state index contributed by atoms with van der Waals surface area (Å²) in [5.74, 6) is 0. The first-order valence-electron chi connectivity index (χ1n) is 21.6. The van der Waals surface area contributed by atoms with Gasteiger partial charge in [0, 0.05) is 61.2 Å². The fraction of sp³-hybridized carbons (Fsp3) is 0.138. The SMILES string of the molecule is Cc1ccccc1N(c1ccc2cc3c(cc2c1)oc1c(C(C)(C)C)c2c(cc13)oc1cc3cc(N(c4ccccc4C)c4ccccc4C)ccc3cc12)c1ccccc1C. The Hall–Kier alpha value is -7.30. The standard InChI is InChI=1S/C58H48N2O2/c1-35-16-8-12-20-48(35)59(49-21-13-9-17-36(49)2)43-26-24-39-30-45-46-34-54-55(56(58(5,6)7)57(46)62-52(45)32-41(39)28-43)47-31-40-25-27-44(29-42(40)33-53(47)61-54)60(50-22-14-10-18-37(50)3)51-23-15-11-19-38(51)4/h8-34H,1-7H3. The number of anilines is 6. The lowest BCUT2D eigenvalue weighted by atomic mass is 9.82. The van der Waals surface area contributed by atoms with Crippen LogP contribution in [-0.4, -0.2) is 0 Å². The molecule has 0 saturated carbocycles. The molecule has 302 valence electrons. The van der Waals surface area contributed by atoms with E-state index in [4.69, 9.17) is 8.83 Å². The van der Waals surface area contributed by atoms with E-state index in [1.807, 2.05) is 0 Å². The Morgan fingerprint density at radius 3 is 1.23 bits per heavy atom. The van der Waals surface area contributed by atoms with Crippen LogP contribution in [0.1, 0.15) is 48.6 Å². The number of fused-ring (bicyclic) bond motifs is 8. The van der Waals surface area contributed by atoms with Gasteiger partial charge >= 0.3 is 0 Å². The quantitative estimate of drug-likeness (QED) is 0.168. The third kappa shape index (κ3) is 6.04. The van der Waals surface area contributed by atoms with E-state index in [0.717, 1.165) is 105 Å². The molecule has 0 aliphatic rings. The highest BCUT2D eigenvalue weighted by atomic mass is 16.3. The molecule has 4 nitrogen and oxygen atoms in total. The number of aryl methyl sites for hydroxylation is 4. The molecule has 2 heterocycles. The highest BCUT2D eigenvalue weighted by Crippen LogP contribution is 2.48. The zero-order chi connectivity index (χ0) is 42.4. The molecule has 0 aliphatic carbocycles. The summed E-state index contributed by atoms with van der Waals surface area (Å²) in [6.45, 7) is 15.6. The first-order valence-corrected chi connectivity index (χ1v) is 21.6. The molecular weight excluding hydrogens is 757 g/mol. The van der Waals surface area contributed by atoms with E-state index >= 15 is 0 Å². The third-order valence-corrected chi connectivity index (χ3v) is 12.8. The minimum Gasteiger partial charge on any atom is -0.456 e. The van der Waals surface area contributed by atoms with Crippen molar-refractivity contribution >= 4 is 99.5 Å². The van der Waals surface area contributed by atoms with Gasteiger partial charge in [-0.15, -0.1) is 0 Å². The molecule has 0 fully saturated rings. The summed E-state index contributed by atoms with van der Waals surface area (Å²) in [5, 5.41) is 8.95. The molecule has 0 amide bonds. The van der Waals surface area contributed by atoms with Gasteiger partial charge in [0.25, 0.3) is 0 Å². The normalized spacial score (nSPS) is 12.1. The second-order valence-electron chi connectivity index (χ2n) is 18.0. The van der Waals surface area contributed by atoms with Crippen molar-refractivity contribution in [2.75, 3.05) is 9.80 Å². The van der Waals surface area contributed by atoms with Crippen LogP contribution in [0, 0.1) is 27.7 Å². The first-order chi connectivity index (χ1) is 30.0. The van der Waals surface area contributed by atoms with Crippen molar-refractivity contribution in [2.24, 2.45) is 0 Å². The van der Waals surface area contributed by atoms with Gasteiger partial charge in [0.05, 0.1) is 0 Å². The molecule has 4 heteroatoms. The highest BCUT2D eigenvalue weighted by molar-refractivity contribution is 6.20. The second kappa shape index (κ2) is 14.1. The van der Waals surface area contributed by atoms with Crippen LogP contribution in [0.5, 0.6) is 0 Å². The Morgan fingerprint density at radius 2 is 0.790 bits per heavy atom. The van der Waals surface area contributed by atoms with E-state index in [-0.39, 0.29) is 5.41 Å². The lowest BCUT2D eigenvalue weighted by Gasteiger charge is -2.28. The van der Waals surface area contributed by atoms with Crippen LogP contribution >= 0.6 is 0 Å². The summed E-state index contributed by atoms with van der Waals surface area (Å²) in [7, 11) is 0. The van der Waals surface area contributed by atoms with Crippen LogP contribution in [-0.2, 0) is 5.41 Å². The van der Waals surface area contributed by atoms with Crippen molar-refractivity contribution in [3.63, 3.8) is 0 Å². The van der Waals surface area contributed by atoms with Gasteiger partial charge in [-0.2, -0.15) is 0 Å². The van der Waals surface area contributed by atoms with Gasteiger partial charge in [-0.05, 0) is 156 Å². The second-order valence-corrected chi connectivity index (χ2v) is 18.0. The summed E-state index contributed by atoms with van der Waals surface area (Å²) in [6, 6.07) is 59.2. The zero-order valence-corrected chi connectivity index (χ0v) is 36.3. The molecule has 0 radical (unpaired) electrons. The minimum absolute atomic E-state index is 0.239. The topological polar surface area (TPSA) is 32.8 Å². The van der Waals surface area contributed by atoms with Gasteiger partial charge < -0.3 is 18.6 Å². The Bertz CT molecular complexity index is 3380. The Balaban J connectivity index is 1.08. The van der Waals surface area contributed by atoms with Crippen molar-refractivity contribution in [2.45, 2.75) is 53.9 Å². The number of rotatable bonds is 6. The first kappa shape index (κ1) is 37.7. The maximum Gasteiger partial charge on any atom is 0.140 e. The maximum absolute atomic E-state index is 7.02. The predicted octanol–water partition coefficient (Wildman–Crippen LogP) is 17.3. The van der Waals surface area contributed by atoms with E-state index in [0.29, 0.717) is 0 Å². The molecule has 0 bridgehead atoms. The molecule has 62 heavy (non-hydrogen) atoms. The predicted molar refractivity (Wildman–Crippen MR) is 263 cm³/mol. The Labute approximate surface area is 362 Å². The lowest BCUT2D eigenvalue weighted by Crippen LogP contribution is -2.12. The number of hydrogen-bond acceptors (Lipinski definition) is 4. The zero-order valence-electron chi connectivity index (χ0n) is 36.3. The number of hydrogen-bond donors (Lipinski definition) is 0. The van der Waals surface area contributed by atoms with E-state index in [2.05, 4.69) is 222 Å². The monoisotopic (exact) mass is 804 g/mol. The molecule has 0 aliphatic heterocycles. The molecule has 11 rings (SSSR count). The van der Waals surface area contributed by atoms with Gasteiger partial charge in [0.2, 0.25) is 0 Å². The highest BCUT2D eigenvalue weighted by Gasteiger charge is 2.28. The fourth-order valence-corrected chi connectivity index (χ4v) is 9.69. The number of para-hydroxylation sites is 4. The maximum atomic E-state index is 7.02. The van der Waals surface area contributed by atoms with Crippen molar-refractivity contribution < 1.29 is 8.83 Å². The van der Waals surface area contributed by atoms with Crippen molar-refractivity contribution in [1.82, 2.24) is 0 Å². The number of nitrogens with zero attached hydrogens (tertiary/aromatic N) is 2. The molecule has 0 saturated heterocycles. The van der Waals surface area contributed by atoms with Crippen molar-refractivity contribution in [3.8, 4) is 0 Å². The molecule has 0 atom stereocenters. The summed E-state index contributed by atoms with van der Waals surface area (Å²) >= 11 is 0. The fourth-order valence-electron chi connectivity index (χ4n) is 9.69. The van der Waals surface area contributed by atoms with Crippen LogP contribution < -0.4 is 9.80 Å². The molecule has 9 aromatic carbocycles. The van der Waals surface area contributed by atoms with E-state index in [1.165, 1.54) is 22.3 Å². The van der Waals surface area contributed by atoms with Crippen LogP contribution in [0.15, 0.2) is 173 Å². The van der Waals surface area contributed by atoms with Crippen LogP contribution in [0.25, 0.3) is 65.4 Å². The average Bonchev–Trinajstić information content (AvgIpc) is 3.79. The van der Waals surface area contributed by atoms with Gasteiger partial charge in [0.15, 0.2) is 0 Å². The van der Waals surface area contributed by atoms with Crippen molar-refractivity contribution in [3.05, 3.63) is 192 Å². The largest absolute Gasteiger partial charge is 0.456 e. The molecule has 0 N–H and O–H groups in total. The average molecular weight is 805 g/mol. The van der Waals surface area contributed by atoms with Gasteiger partial charge in [0.1, 0.15) is 22.3 Å². The van der Waals surface area contributed by atoms with Gasteiger partial charge in [-0.3, -0.25) is 0 Å². The number of benzene rings is 9. The number of furan rings is 2. The van der Waals surface area contributed by atoms with Crippen LogP contribution in [0.3, 0.4) is 0 Å². The van der Waals surface area contributed by atoms with Gasteiger partial charge in [-0.1, -0.05) is 106 Å². The molecule has 2 aromatic heterocycles. The molecule has 0 unspecified atom stereocenters.